The summed E-state index contributed by atoms with van der Waals surface area (Å²) in [6.45, 7) is 10.1. The minimum atomic E-state index is -1.40. The van der Waals surface area contributed by atoms with Crippen molar-refractivity contribution in [1.29, 1.82) is 0 Å². The molecular weight excluding hydrogens is 795 g/mol. The molecule has 330 valence electrons. The molecule has 17 nitrogen and oxygen atoms in total. The van der Waals surface area contributed by atoms with Gasteiger partial charge in [-0.1, -0.05) is 57.2 Å². The standard InChI is InChI=1S/C45H57N9O8/c1-25-33(24-49-39(50-25)28-8-11-30(12-9-28)45(3,4)5)41(56)52-34(15-16-46)43(58)54(6)38-29-10-14-37(62-20-18-48)32(23-29)31-21-27(7-13-36(31)61-19-17-47)22-35(44(59)60)53-40(55)26(2)51-42(38)57/h7-14,21,23-24,26,34-35,38H,15-20,22,46-48H2,1-6H3,(H,51,57)(H,52,56)(H,53,55)(H,59,60)/t26-,34?,35-,38-/m0/s1. The summed E-state index contributed by atoms with van der Waals surface area (Å²) >= 11 is 0. The average molecular weight is 852 g/mol. The van der Waals surface area contributed by atoms with Gasteiger partial charge in [0.25, 0.3) is 5.91 Å². The number of likely N-dealkylation sites (N-methyl/N-ethyl adjacent to an activating group) is 1. The number of hydrogen-bond donors (Lipinski definition) is 7. The van der Waals surface area contributed by atoms with Crippen LogP contribution in [0.25, 0.3) is 22.5 Å². The van der Waals surface area contributed by atoms with Crippen LogP contribution in [-0.4, -0.2) is 108 Å². The number of carboxylic acid groups (broad SMARTS) is 1. The third-order valence-corrected chi connectivity index (χ3v) is 10.5. The van der Waals surface area contributed by atoms with Gasteiger partial charge in [-0.2, -0.15) is 0 Å². The van der Waals surface area contributed by atoms with Crippen molar-refractivity contribution in [2.24, 2.45) is 17.2 Å². The molecular formula is C45H57N9O8. The molecule has 0 spiro atoms. The normalized spacial score (nSPS) is 17.1. The Morgan fingerprint density at radius 1 is 0.903 bits per heavy atom. The number of carbonyl (C=O) groups is 5. The van der Waals surface area contributed by atoms with Crippen molar-refractivity contribution >= 4 is 29.6 Å². The average Bonchev–Trinajstić information content (AvgIpc) is 3.23. The van der Waals surface area contributed by atoms with E-state index < -0.39 is 53.8 Å². The molecule has 0 saturated carbocycles. The van der Waals surface area contributed by atoms with Crippen molar-refractivity contribution in [2.45, 2.75) is 77.0 Å². The predicted octanol–water partition coefficient (Wildman–Crippen LogP) is 2.37. The lowest BCUT2D eigenvalue weighted by atomic mass is 9.87. The van der Waals surface area contributed by atoms with Crippen LogP contribution in [0.4, 0.5) is 0 Å². The van der Waals surface area contributed by atoms with Gasteiger partial charge in [0.15, 0.2) is 5.82 Å². The van der Waals surface area contributed by atoms with E-state index in [2.05, 4.69) is 46.7 Å². The van der Waals surface area contributed by atoms with E-state index >= 15 is 0 Å². The van der Waals surface area contributed by atoms with Gasteiger partial charge in [0.2, 0.25) is 17.7 Å². The maximum Gasteiger partial charge on any atom is 0.326 e. The number of aliphatic carboxylic acids is 1. The summed E-state index contributed by atoms with van der Waals surface area (Å²) in [7, 11) is 1.40. The molecule has 17 heteroatoms. The van der Waals surface area contributed by atoms with Gasteiger partial charge >= 0.3 is 5.97 Å². The van der Waals surface area contributed by atoms with Gasteiger partial charge in [0.05, 0.1) is 11.3 Å². The Morgan fingerprint density at radius 2 is 1.53 bits per heavy atom. The number of rotatable bonds is 14. The van der Waals surface area contributed by atoms with E-state index in [0.717, 1.165) is 11.1 Å². The first-order valence-electron chi connectivity index (χ1n) is 20.5. The van der Waals surface area contributed by atoms with Gasteiger partial charge in [-0.15, -0.1) is 0 Å². The van der Waals surface area contributed by atoms with Crippen LogP contribution in [0.15, 0.2) is 66.9 Å². The number of carbonyl (C=O) groups excluding carboxylic acids is 4. The summed E-state index contributed by atoms with van der Waals surface area (Å²) in [6.07, 6.45) is 1.31. The lowest BCUT2D eigenvalue weighted by molar-refractivity contribution is -0.143. The molecule has 1 aliphatic heterocycles. The zero-order chi connectivity index (χ0) is 45.3. The first kappa shape index (κ1) is 46.6. The predicted molar refractivity (Wildman–Crippen MR) is 233 cm³/mol. The number of benzene rings is 3. The topological polar surface area (TPSA) is 267 Å². The van der Waals surface area contributed by atoms with Crippen molar-refractivity contribution in [2.75, 3.05) is 39.9 Å². The largest absolute Gasteiger partial charge is 0.492 e. The number of nitrogens with two attached hydrogens (primary N) is 3. The lowest BCUT2D eigenvalue weighted by Gasteiger charge is -2.32. The van der Waals surface area contributed by atoms with E-state index in [1.807, 2.05) is 24.3 Å². The molecule has 0 fully saturated rings. The molecule has 4 atom stereocenters. The van der Waals surface area contributed by atoms with Crippen molar-refractivity contribution in [3.05, 3.63) is 94.8 Å². The summed E-state index contributed by atoms with van der Waals surface area (Å²) in [5.41, 5.74) is 21.7. The van der Waals surface area contributed by atoms with Crippen LogP contribution in [0.5, 0.6) is 11.5 Å². The van der Waals surface area contributed by atoms with Gasteiger partial charge in [0, 0.05) is 49.4 Å². The second-order valence-electron chi connectivity index (χ2n) is 16.2. The number of fused-ring (bicyclic) bond motifs is 5. The highest BCUT2D eigenvalue weighted by molar-refractivity contribution is 5.99. The Balaban J connectivity index is 1.54. The molecule has 4 amide bonds. The first-order valence-corrected chi connectivity index (χ1v) is 20.5. The Morgan fingerprint density at radius 3 is 2.11 bits per heavy atom. The number of hydrogen-bond acceptors (Lipinski definition) is 12. The number of nitrogens with zero attached hydrogens (tertiary/aromatic N) is 3. The second-order valence-corrected chi connectivity index (χ2v) is 16.2. The van der Waals surface area contributed by atoms with Crippen LogP contribution in [0, 0.1) is 6.92 Å². The van der Waals surface area contributed by atoms with Crippen molar-refractivity contribution in [3.63, 3.8) is 0 Å². The number of ether oxygens (including phenoxy) is 2. The third-order valence-electron chi connectivity index (χ3n) is 10.5. The van der Waals surface area contributed by atoms with Crippen LogP contribution >= 0.6 is 0 Å². The van der Waals surface area contributed by atoms with Gasteiger partial charge in [0.1, 0.15) is 48.9 Å². The molecule has 1 aromatic heterocycles. The lowest BCUT2D eigenvalue weighted by Crippen LogP contribution is -2.55. The van der Waals surface area contributed by atoms with E-state index in [1.165, 1.54) is 25.1 Å². The van der Waals surface area contributed by atoms with Gasteiger partial charge < -0.3 is 52.6 Å². The molecule has 1 aliphatic rings. The summed E-state index contributed by atoms with van der Waals surface area (Å²) in [4.78, 5) is 78.8. The molecule has 0 aliphatic carbocycles. The number of nitrogens with one attached hydrogen (secondary N) is 3. The molecule has 5 rings (SSSR count). The quantitative estimate of drug-likeness (QED) is 0.0962. The SMILES string of the molecule is Cc1nc(-c2ccc(C(C)(C)C)cc2)ncc1C(=O)NC(CCN)C(=O)N(C)[C@@H]1C(=O)N[C@@H](C)C(=O)N[C@H](C(=O)O)Cc2ccc(OCCN)c(c2)-c2cc1ccc2OCCN. The van der Waals surface area contributed by atoms with Gasteiger partial charge in [-0.05, 0) is 73.2 Å². The van der Waals surface area contributed by atoms with Crippen LogP contribution in [0.1, 0.15) is 72.9 Å². The molecule has 0 radical (unpaired) electrons. The molecule has 2 heterocycles. The molecule has 62 heavy (non-hydrogen) atoms. The Hall–Kier alpha value is -6.43. The first-order chi connectivity index (χ1) is 29.5. The van der Waals surface area contributed by atoms with E-state index in [1.54, 1.807) is 43.3 Å². The zero-order valence-corrected chi connectivity index (χ0v) is 36.0. The zero-order valence-electron chi connectivity index (χ0n) is 36.0. The highest BCUT2D eigenvalue weighted by Crippen LogP contribution is 2.40. The van der Waals surface area contributed by atoms with Crippen LogP contribution < -0.4 is 42.6 Å². The van der Waals surface area contributed by atoms with E-state index in [4.69, 9.17) is 26.7 Å². The highest BCUT2D eigenvalue weighted by atomic mass is 16.5. The summed E-state index contributed by atoms with van der Waals surface area (Å²) in [6, 6.07) is 12.7. The van der Waals surface area contributed by atoms with Crippen molar-refractivity contribution in [3.8, 4) is 34.0 Å². The van der Waals surface area contributed by atoms with E-state index in [0.29, 0.717) is 45.3 Å². The number of amides is 4. The monoisotopic (exact) mass is 851 g/mol. The fourth-order valence-corrected chi connectivity index (χ4v) is 7.05. The Labute approximate surface area is 361 Å². The molecule has 4 aromatic rings. The van der Waals surface area contributed by atoms with Gasteiger partial charge in [-0.25, -0.2) is 14.8 Å². The highest BCUT2D eigenvalue weighted by Gasteiger charge is 2.36. The maximum atomic E-state index is 14.6. The molecule has 1 unspecified atom stereocenters. The summed E-state index contributed by atoms with van der Waals surface area (Å²) < 4.78 is 12.1. The summed E-state index contributed by atoms with van der Waals surface area (Å²) in [5, 5.41) is 18.1. The third kappa shape index (κ3) is 11.1. The molecule has 3 aromatic carbocycles. The smallest absolute Gasteiger partial charge is 0.326 e. The number of aryl methyl sites for hydroxylation is 1. The molecule has 4 bridgehead atoms. The van der Waals surface area contributed by atoms with Crippen molar-refractivity contribution < 1.29 is 38.6 Å². The fraction of sp³-hybridized carbons (Fsp3) is 0.400. The second kappa shape index (κ2) is 20.4. The Bertz CT molecular complexity index is 2280. The molecule has 0 saturated heterocycles. The van der Waals surface area contributed by atoms with Crippen LogP contribution in [0.3, 0.4) is 0 Å². The minimum absolute atomic E-state index is 0.00155. The van der Waals surface area contributed by atoms with Crippen LogP contribution in [-0.2, 0) is 31.0 Å². The van der Waals surface area contributed by atoms with Gasteiger partial charge in [-0.3, -0.25) is 19.2 Å². The van der Waals surface area contributed by atoms with E-state index in [9.17, 15) is 29.1 Å². The number of aromatic nitrogens is 2. The van der Waals surface area contributed by atoms with Crippen molar-refractivity contribution in [1.82, 2.24) is 30.8 Å². The maximum absolute atomic E-state index is 14.6. The van der Waals surface area contributed by atoms with E-state index in [-0.39, 0.29) is 56.7 Å². The van der Waals surface area contributed by atoms with Crippen LogP contribution in [0.2, 0.25) is 0 Å². The number of carboxylic acids is 1. The fourth-order valence-electron chi connectivity index (χ4n) is 7.05. The minimum Gasteiger partial charge on any atom is -0.492 e. The Kier molecular flexibility index (Phi) is 15.4. The summed E-state index contributed by atoms with van der Waals surface area (Å²) in [5.74, 6) is -2.93. The molecule has 10 N–H and O–H groups in total.